The fraction of sp³-hybridized carbons (Fsp3) is 0.0909. The number of hydrogen-bond donors (Lipinski definition) is 1. The second-order valence-corrected chi connectivity index (χ2v) is 3.77. The second-order valence-electron chi connectivity index (χ2n) is 3.77. The quantitative estimate of drug-likeness (QED) is 0.723. The van der Waals surface area contributed by atoms with Crippen LogP contribution >= 0.6 is 0 Å². The van der Waals surface area contributed by atoms with Gasteiger partial charge in [-0.2, -0.15) is 10.1 Å². The maximum atomic E-state index is 5.80. The highest BCUT2D eigenvalue weighted by atomic mass is 16.5. The highest BCUT2D eigenvalue weighted by Gasteiger charge is 2.14. The zero-order valence-corrected chi connectivity index (χ0v) is 9.61. The second kappa shape index (κ2) is 3.95. The lowest BCUT2D eigenvalue weighted by molar-refractivity contribution is 0.431. The Kier molecular flexibility index (Phi) is 2.30. The SMILES string of the molecule is Cn1cc(-c2noc(-c3ncccc3N)n2)cn1. The minimum Gasteiger partial charge on any atom is -0.397 e. The van der Waals surface area contributed by atoms with E-state index >= 15 is 0 Å². The van der Waals surface area contributed by atoms with Gasteiger partial charge in [-0.15, -0.1) is 0 Å². The van der Waals surface area contributed by atoms with E-state index in [-0.39, 0.29) is 0 Å². The van der Waals surface area contributed by atoms with Crippen LogP contribution in [-0.4, -0.2) is 24.9 Å². The Balaban J connectivity index is 2.02. The number of aryl methyl sites for hydroxylation is 1. The lowest BCUT2D eigenvalue weighted by Gasteiger charge is -1.96. The number of nitrogens with two attached hydrogens (primary N) is 1. The number of nitrogens with zero attached hydrogens (tertiary/aromatic N) is 5. The van der Waals surface area contributed by atoms with Gasteiger partial charge in [0.15, 0.2) is 5.69 Å². The molecule has 3 rings (SSSR count). The Morgan fingerprint density at radius 1 is 1.39 bits per heavy atom. The first-order valence-corrected chi connectivity index (χ1v) is 5.27. The summed E-state index contributed by atoms with van der Waals surface area (Å²) in [4.78, 5) is 8.37. The molecule has 0 saturated carbocycles. The van der Waals surface area contributed by atoms with Gasteiger partial charge in [-0.3, -0.25) is 4.68 Å². The lowest BCUT2D eigenvalue weighted by Crippen LogP contribution is -1.92. The average molecular weight is 242 g/mol. The van der Waals surface area contributed by atoms with Gasteiger partial charge in [0, 0.05) is 19.4 Å². The van der Waals surface area contributed by atoms with E-state index in [0.717, 1.165) is 5.56 Å². The normalized spacial score (nSPS) is 10.7. The maximum Gasteiger partial charge on any atom is 0.278 e. The first kappa shape index (κ1) is 10.5. The van der Waals surface area contributed by atoms with Gasteiger partial charge in [0.05, 0.1) is 17.4 Å². The monoisotopic (exact) mass is 242 g/mol. The average Bonchev–Trinajstić information content (AvgIpc) is 2.98. The smallest absolute Gasteiger partial charge is 0.278 e. The molecule has 2 N–H and O–H groups in total. The van der Waals surface area contributed by atoms with Gasteiger partial charge in [0.1, 0.15) is 0 Å². The minimum atomic E-state index is 0.298. The molecule has 0 atom stereocenters. The van der Waals surface area contributed by atoms with Crippen molar-refractivity contribution >= 4 is 5.69 Å². The molecule has 90 valence electrons. The summed E-state index contributed by atoms with van der Waals surface area (Å²) < 4.78 is 6.82. The van der Waals surface area contributed by atoms with E-state index in [2.05, 4.69) is 20.2 Å². The summed E-state index contributed by atoms with van der Waals surface area (Å²) in [6.45, 7) is 0. The van der Waals surface area contributed by atoms with Crippen molar-refractivity contribution in [3.63, 3.8) is 0 Å². The third kappa shape index (κ3) is 1.71. The number of aromatic nitrogens is 5. The molecule has 18 heavy (non-hydrogen) atoms. The van der Waals surface area contributed by atoms with Gasteiger partial charge in [0.2, 0.25) is 5.82 Å². The summed E-state index contributed by atoms with van der Waals surface area (Å²) in [6, 6.07) is 3.48. The van der Waals surface area contributed by atoms with Crippen LogP contribution in [0.2, 0.25) is 0 Å². The van der Waals surface area contributed by atoms with Crippen molar-refractivity contribution in [1.82, 2.24) is 24.9 Å². The molecule has 0 amide bonds. The molecule has 0 aliphatic heterocycles. The molecule has 3 heterocycles. The van der Waals surface area contributed by atoms with Gasteiger partial charge in [-0.25, -0.2) is 4.98 Å². The van der Waals surface area contributed by atoms with Crippen LogP contribution in [0, 0.1) is 0 Å². The van der Waals surface area contributed by atoms with Crippen LogP contribution in [0.4, 0.5) is 5.69 Å². The van der Waals surface area contributed by atoms with Crippen molar-refractivity contribution < 1.29 is 4.52 Å². The van der Waals surface area contributed by atoms with Gasteiger partial charge in [-0.1, -0.05) is 5.16 Å². The molecule has 7 nitrogen and oxygen atoms in total. The van der Waals surface area contributed by atoms with E-state index in [0.29, 0.717) is 23.1 Å². The van der Waals surface area contributed by atoms with E-state index in [1.54, 1.807) is 35.4 Å². The highest BCUT2D eigenvalue weighted by Crippen LogP contribution is 2.23. The van der Waals surface area contributed by atoms with Crippen molar-refractivity contribution in [3.8, 4) is 23.0 Å². The number of anilines is 1. The summed E-state index contributed by atoms with van der Waals surface area (Å²) in [5.41, 5.74) is 7.56. The zero-order chi connectivity index (χ0) is 12.5. The van der Waals surface area contributed by atoms with Crippen LogP contribution in [0.3, 0.4) is 0 Å². The fourth-order valence-electron chi connectivity index (χ4n) is 1.57. The summed E-state index contributed by atoms with van der Waals surface area (Å²) >= 11 is 0. The molecule has 0 saturated heterocycles. The van der Waals surface area contributed by atoms with E-state index in [1.807, 2.05) is 7.05 Å². The molecule has 7 heteroatoms. The zero-order valence-electron chi connectivity index (χ0n) is 9.61. The summed E-state index contributed by atoms with van der Waals surface area (Å²) in [5, 5.41) is 7.93. The van der Waals surface area contributed by atoms with E-state index in [9.17, 15) is 0 Å². The van der Waals surface area contributed by atoms with Crippen LogP contribution in [0.1, 0.15) is 0 Å². The third-order valence-corrected chi connectivity index (χ3v) is 2.43. The molecule has 0 aromatic carbocycles. The first-order valence-electron chi connectivity index (χ1n) is 5.27. The number of nitrogen functional groups attached to an aromatic ring is 1. The van der Waals surface area contributed by atoms with E-state index in [4.69, 9.17) is 10.3 Å². The minimum absolute atomic E-state index is 0.298. The Morgan fingerprint density at radius 2 is 2.28 bits per heavy atom. The largest absolute Gasteiger partial charge is 0.397 e. The molecule has 0 aliphatic rings. The van der Waals surface area contributed by atoms with Crippen molar-refractivity contribution in [2.75, 3.05) is 5.73 Å². The van der Waals surface area contributed by atoms with Gasteiger partial charge < -0.3 is 10.3 Å². The van der Waals surface area contributed by atoms with Crippen molar-refractivity contribution in [1.29, 1.82) is 0 Å². The van der Waals surface area contributed by atoms with Gasteiger partial charge in [-0.05, 0) is 12.1 Å². The highest BCUT2D eigenvalue weighted by molar-refractivity contribution is 5.66. The fourth-order valence-corrected chi connectivity index (χ4v) is 1.57. The summed E-state index contributed by atoms with van der Waals surface area (Å²) in [5.74, 6) is 0.759. The molecule has 3 aromatic heterocycles. The van der Waals surface area contributed by atoms with E-state index < -0.39 is 0 Å². The predicted octanol–water partition coefficient (Wildman–Crippen LogP) is 1.11. The van der Waals surface area contributed by atoms with Gasteiger partial charge >= 0.3 is 0 Å². The summed E-state index contributed by atoms with van der Waals surface area (Å²) in [6.07, 6.45) is 5.09. The Morgan fingerprint density at radius 3 is 3.00 bits per heavy atom. The number of rotatable bonds is 2. The Hall–Kier alpha value is -2.70. The maximum absolute atomic E-state index is 5.80. The standard InChI is InChI=1S/C11H10N6O/c1-17-6-7(5-14-17)10-15-11(18-16-10)9-8(12)3-2-4-13-9/h2-6H,12H2,1H3. The van der Waals surface area contributed by atoms with Crippen molar-refractivity contribution in [2.24, 2.45) is 7.05 Å². The van der Waals surface area contributed by atoms with Crippen LogP contribution < -0.4 is 5.73 Å². The molecule has 0 radical (unpaired) electrons. The first-order chi connectivity index (χ1) is 8.74. The molecule has 0 bridgehead atoms. The molecule has 3 aromatic rings. The van der Waals surface area contributed by atoms with Gasteiger partial charge in [0.25, 0.3) is 5.89 Å². The Bertz CT molecular complexity index is 686. The predicted molar refractivity (Wildman–Crippen MR) is 64.1 cm³/mol. The van der Waals surface area contributed by atoms with Crippen LogP contribution in [-0.2, 0) is 7.05 Å². The lowest BCUT2D eigenvalue weighted by atomic mass is 10.3. The van der Waals surface area contributed by atoms with Crippen LogP contribution in [0.5, 0.6) is 0 Å². The number of pyridine rings is 1. The third-order valence-electron chi connectivity index (χ3n) is 2.43. The Labute approximate surface area is 102 Å². The molecular formula is C11H10N6O. The molecule has 0 unspecified atom stereocenters. The topological polar surface area (TPSA) is 95.7 Å². The number of hydrogen-bond acceptors (Lipinski definition) is 6. The molecule has 0 fully saturated rings. The summed E-state index contributed by atoms with van der Waals surface area (Å²) in [7, 11) is 1.82. The van der Waals surface area contributed by atoms with Crippen LogP contribution in [0.15, 0.2) is 35.2 Å². The van der Waals surface area contributed by atoms with Crippen molar-refractivity contribution in [2.45, 2.75) is 0 Å². The molecule has 0 aliphatic carbocycles. The molecular weight excluding hydrogens is 232 g/mol. The van der Waals surface area contributed by atoms with E-state index in [1.165, 1.54) is 0 Å². The molecule has 0 spiro atoms. The van der Waals surface area contributed by atoms with Crippen LogP contribution in [0.25, 0.3) is 23.0 Å². The van der Waals surface area contributed by atoms with Crippen molar-refractivity contribution in [3.05, 3.63) is 30.7 Å².